The van der Waals surface area contributed by atoms with Crippen LogP contribution in [0.4, 0.5) is 0 Å². The van der Waals surface area contributed by atoms with Gasteiger partial charge in [-0.25, -0.2) is 13.1 Å². The summed E-state index contributed by atoms with van der Waals surface area (Å²) in [7, 11) is -3.57. The number of ether oxygens (including phenoxy) is 1. The number of esters is 1. The smallest absolute Gasteiger partial charge is 0.311 e. The van der Waals surface area contributed by atoms with E-state index in [2.05, 4.69) is 4.72 Å². The van der Waals surface area contributed by atoms with Crippen molar-refractivity contribution in [2.75, 3.05) is 6.54 Å². The fraction of sp³-hybridized carbons (Fsp3) is 0.235. The normalized spacial score (nSPS) is 11.2. The van der Waals surface area contributed by atoms with Crippen LogP contribution in [0.15, 0.2) is 59.5 Å². The second-order valence-electron chi connectivity index (χ2n) is 4.94. The van der Waals surface area contributed by atoms with E-state index in [0.717, 1.165) is 5.56 Å². The lowest BCUT2D eigenvalue weighted by Crippen LogP contribution is -2.23. The van der Waals surface area contributed by atoms with Gasteiger partial charge in [-0.3, -0.25) is 4.79 Å². The molecular formula is C17H19NO4S. The summed E-state index contributed by atoms with van der Waals surface area (Å²) in [4.78, 5) is 12.0. The van der Waals surface area contributed by atoms with E-state index in [0.29, 0.717) is 13.0 Å². The minimum Gasteiger partial charge on any atom is -0.426 e. The Bertz CT molecular complexity index is 757. The lowest BCUT2D eigenvalue weighted by atomic mass is 10.1. The van der Waals surface area contributed by atoms with Crippen LogP contribution in [0.2, 0.25) is 0 Å². The van der Waals surface area contributed by atoms with E-state index in [9.17, 15) is 13.2 Å². The second kappa shape index (κ2) is 7.89. The maximum atomic E-state index is 11.9. The molecule has 5 nitrogen and oxygen atoms in total. The fourth-order valence-corrected chi connectivity index (χ4v) is 3.13. The largest absolute Gasteiger partial charge is 0.426 e. The Labute approximate surface area is 136 Å². The first-order valence-corrected chi connectivity index (χ1v) is 8.84. The highest BCUT2D eigenvalue weighted by Gasteiger charge is 2.14. The summed E-state index contributed by atoms with van der Waals surface area (Å²) >= 11 is 0. The quantitative estimate of drug-likeness (QED) is 0.624. The third-order valence-electron chi connectivity index (χ3n) is 3.14. The summed E-state index contributed by atoms with van der Waals surface area (Å²) in [6.45, 7) is 1.99. The number of aryl methyl sites for hydroxylation is 1. The van der Waals surface area contributed by atoms with E-state index in [1.165, 1.54) is 12.1 Å². The van der Waals surface area contributed by atoms with Gasteiger partial charge < -0.3 is 4.74 Å². The molecule has 2 aromatic carbocycles. The van der Waals surface area contributed by atoms with E-state index in [1.807, 2.05) is 30.3 Å². The molecule has 2 rings (SSSR count). The highest BCUT2D eigenvalue weighted by molar-refractivity contribution is 7.89. The summed E-state index contributed by atoms with van der Waals surface area (Å²) in [5.74, 6) is -0.172. The molecule has 0 atom stereocenters. The molecular weight excluding hydrogens is 314 g/mol. The summed E-state index contributed by atoms with van der Waals surface area (Å²) < 4.78 is 31.5. The lowest BCUT2D eigenvalue weighted by molar-refractivity contribution is -0.134. The molecule has 0 spiro atoms. The van der Waals surface area contributed by atoms with Crippen LogP contribution < -0.4 is 9.46 Å². The average molecular weight is 333 g/mol. The van der Waals surface area contributed by atoms with Crippen molar-refractivity contribution < 1.29 is 17.9 Å². The predicted molar refractivity (Wildman–Crippen MR) is 87.7 cm³/mol. The maximum Gasteiger partial charge on any atom is 0.311 e. The van der Waals surface area contributed by atoms with Crippen LogP contribution in [0.1, 0.15) is 18.9 Å². The van der Waals surface area contributed by atoms with E-state index in [4.69, 9.17) is 4.74 Å². The van der Waals surface area contributed by atoms with Gasteiger partial charge >= 0.3 is 5.97 Å². The van der Waals surface area contributed by atoms with Gasteiger partial charge in [0, 0.05) is 19.0 Å². The molecule has 0 aliphatic carbocycles. The number of carbonyl (C=O) groups excluding carboxylic acids is 1. The highest BCUT2D eigenvalue weighted by Crippen LogP contribution is 2.18. The molecule has 23 heavy (non-hydrogen) atoms. The van der Waals surface area contributed by atoms with Gasteiger partial charge in [-0.2, -0.15) is 0 Å². The molecule has 6 heteroatoms. The van der Waals surface area contributed by atoms with Crippen LogP contribution in [0.3, 0.4) is 0 Å². The van der Waals surface area contributed by atoms with Gasteiger partial charge in [0.1, 0.15) is 5.75 Å². The third-order valence-corrected chi connectivity index (χ3v) is 4.69. The summed E-state index contributed by atoms with van der Waals surface area (Å²) in [6, 6.07) is 15.5. The number of hydrogen-bond donors (Lipinski definition) is 1. The van der Waals surface area contributed by atoms with Crippen molar-refractivity contribution in [3.63, 3.8) is 0 Å². The average Bonchev–Trinajstić information content (AvgIpc) is 2.54. The van der Waals surface area contributed by atoms with Crippen molar-refractivity contribution in [2.24, 2.45) is 0 Å². The molecule has 0 unspecified atom stereocenters. The van der Waals surface area contributed by atoms with Crippen LogP contribution in [0.25, 0.3) is 0 Å². The number of hydrogen-bond acceptors (Lipinski definition) is 4. The van der Waals surface area contributed by atoms with Gasteiger partial charge in [-0.1, -0.05) is 43.3 Å². The molecule has 0 aliphatic rings. The zero-order valence-electron chi connectivity index (χ0n) is 12.9. The van der Waals surface area contributed by atoms with Crippen LogP contribution in [0.5, 0.6) is 5.75 Å². The second-order valence-corrected chi connectivity index (χ2v) is 6.70. The zero-order valence-corrected chi connectivity index (χ0v) is 13.7. The number of rotatable bonds is 7. The number of sulfonamides is 1. The Morgan fingerprint density at radius 1 is 1.09 bits per heavy atom. The van der Waals surface area contributed by atoms with Crippen LogP contribution in [-0.4, -0.2) is 20.9 Å². The van der Waals surface area contributed by atoms with Gasteiger partial charge in [-0.15, -0.1) is 0 Å². The van der Waals surface area contributed by atoms with Crippen LogP contribution in [0, 0.1) is 0 Å². The number of benzene rings is 2. The van der Waals surface area contributed by atoms with E-state index >= 15 is 0 Å². The Balaban J connectivity index is 1.99. The molecule has 0 bridgehead atoms. The Hall–Kier alpha value is -2.18. The van der Waals surface area contributed by atoms with Crippen molar-refractivity contribution in [1.29, 1.82) is 0 Å². The number of nitrogens with one attached hydrogen (secondary N) is 1. The molecule has 0 saturated carbocycles. The molecule has 0 amide bonds. The standard InChI is InChI=1S/C17H19NO4S/c1-2-18-23(20,21)16-10-6-9-15(13-16)22-17(19)12-11-14-7-4-3-5-8-14/h3-10,13,18H,2,11-12H2,1H3. The van der Waals surface area contributed by atoms with Crippen molar-refractivity contribution in [3.05, 3.63) is 60.2 Å². The fourth-order valence-electron chi connectivity index (χ4n) is 2.05. The van der Waals surface area contributed by atoms with Gasteiger partial charge in [0.25, 0.3) is 0 Å². The minimum atomic E-state index is -3.57. The van der Waals surface area contributed by atoms with Crippen molar-refractivity contribution in [2.45, 2.75) is 24.7 Å². The minimum absolute atomic E-state index is 0.0766. The van der Waals surface area contributed by atoms with Gasteiger partial charge in [0.2, 0.25) is 10.0 Å². The summed E-state index contributed by atoms with van der Waals surface area (Å²) in [6.07, 6.45) is 0.809. The molecule has 0 saturated heterocycles. The molecule has 0 aliphatic heterocycles. The van der Waals surface area contributed by atoms with E-state index in [1.54, 1.807) is 19.1 Å². The zero-order chi connectivity index (χ0) is 16.7. The van der Waals surface area contributed by atoms with Crippen molar-refractivity contribution >= 4 is 16.0 Å². The molecule has 0 fully saturated rings. The topological polar surface area (TPSA) is 72.5 Å². The maximum absolute atomic E-state index is 11.9. The first-order chi connectivity index (χ1) is 11.0. The molecule has 122 valence electrons. The first kappa shape index (κ1) is 17.2. The Morgan fingerprint density at radius 3 is 2.52 bits per heavy atom. The molecule has 0 aromatic heterocycles. The van der Waals surface area contributed by atoms with Crippen molar-refractivity contribution in [3.8, 4) is 5.75 Å². The van der Waals surface area contributed by atoms with Gasteiger partial charge in [0.05, 0.1) is 4.90 Å². The Kier molecular flexibility index (Phi) is 5.90. The van der Waals surface area contributed by atoms with Gasteiger partial charge in [-0.05, 0) is 24.1 Å². The lowest BCUT2D eigenvalue weighted by Gasteiger charge is -2.08. The molecule has 0 radical (unpaired) electrons. The third kappa shape index (κ3) is 5.19. The van der Waals surface area contributed by atoms with Crippen molar-refractivity contribution in [1.82, 2.24) is 4.72 Å². The highest BCUT2D eigenvalue weighted by atomic mass is 32.2. The van der Waals surface area contributed by atoms with Crippen LogP contribution in [-0.2, 0) is 21.2 Å². The van der Waals surface area contributed by atoms with Crippen LogP contribution >= 0.6 is 0 Å². The van der Waals surface area contributed by atoms with E-state index in [-0.39, 0.29) is 17.1 Å². The molecule has 0 heterocycles. The van der Waals surface area contributed by atoms with E-state index < -0.39 is 16.0 Å². The molecule has 1 N–H and O–H groups in total. The Morgan fingerprint density at radius 2 is 1.83 bits per heavy atom. The SMILES string of the molecule is CCNS(=O)(=O)c1cccc(OC(=O)CCc2ccccc2)c1. The monoisotopic (exact) mass is 333 g/mol. The van der Waals surface area contributed by atoms with Gasteiger partial charge in [0.15, 0.2) is 0 Å². The summed E-state index contributed by atoms with van der Waals surface area (Å²) in [5.41, 5.74) is 1.05. The predicted octanol–water partition coefficient (Wildman–Crippen LogP) is 2.52. The first-order valence-electron chi connectivity index (χ1n) is 7.35. The molecule has 2 aromatic rings. The summed E-state index contributed by atoms with van der Waals surface area (Å²) in [5, 5.41) is 0. The number of carbonyl (C=O) groups is 1.